The summed E-state index contributed by atoms with van der Waals surface area (Å²) in [5.74, 6) is -1.86. The lowest BCUT2D eigenvalue weighted by molar-refractivity contribution is -0.936. The lowest BCUT2D eigenvalue weighted by atomic mass is 9.89. The lowest BCUT2D eigenvalue weighted by Crippen LogP contribution is -2.55. The average Bonchev–Trinajstić information content (AvgIpc) is 3.00. The Labute approximate surface area is 266 Å². The van der Waals surface area contributed by atoms with Crippen molar-refractivity contribution < 1.29 is 37.1 Å². The van der Waals surface area contributed by atoms with Crippen LogP contribution in [0, 0.1) is 5.92 Å². The summed E-state index contributed by atoms with van der Waals surface area (Å²) in [7, 11) is 1.69. The third-order valence-electron chi connectivity index (χ3n) is 7.96. The molecule has 0 amide bonds. The number of quaternary nitrogens is 1. The fourth-order valence-corrected chi connectivity index (χ4v) is 5.94. The number of carbonyl (C=O) groups excluding carboxylic acids is 2. The number of ether oxygens (including phenoxy) is 1. The first-order valence-electron chi connectivity index (χ1n) is 14.7. The van der Waals surface area contributed by atoms with Crippen LogP contribution in [0.4, 0.5) is 24.8 Å². The van der Waals surface area contributed by atoms with Crippen molar-refractivity contribution in [1.82, 2.24) is 9.97 Å². The van der Waals surface area contributed by atoms with Gasteiger partial charge in [0.05, 0.1) is 33.3 Å². The summed E-state index contributed by atoms with van der Waals surface area (Å²) in [6.07, 6.45) is 1.66. The number of hydrogen-bond acceptors (Lipinski definition) is 8. The van der Waals surface area contributed by atoms with Gasteiger partial charge < -0.3 is 30.6 Å². The Bertz CT molecular complexity index is 1410. The number of ketones is 1. The molecule has 0 aliphatic carbocycles. The topological polar surface area (TPSA) is 144 Å². The Hall–Kier alpha value is -3.90. The average molecular weight is 650 g/mol. The van der Waals surface area contributed by atoms with Gasteiger partial charge in [-0.05, 0) is 48.9 Å². The van der Waals surface area contributed by atoms with E-state index in [9.17, 15) is 18.0 Å². The van der Waals surface area contributed by atoms with E-state index in [1.165, 1.54) is 11.1 Å². The number of benzene rings is 2. The number of nitrogen functional groups attached to an aromatic ring is 2. The van der Waals surface area contributed by atoms with Gasteiger partial charge in [-0.2, -0.15) is 13.2 Å². The van der Waals surface area contributed by atoms with Gasteiger partial charge in [0.2, 0.25) is 0 Å². The van der Waals surface area contributed by atoms with Gasteiger partial charge in [-0.3, -0.25) is 4.79 Å². The maximum absolute atomic E-state index is 13.2. The molecule has 3 aromatic rings. The number of methoxy groups -OCH3 is 1. The molecule has 0 radical (unpaired) electrons. The molecule has 13 heteroatoms. The predicted molar refractivity (Wildman–Crippen MR) is 164 cm³/mol. The summed E-state index contributed by atoms with van der Waals surface area (Å²) < 4.78 is 37.9. The molecule has 45 heavy (non-hydrogen) atoms. The second kappa shape index (κ2) is 16.4. The summed E-state index contributed by atoms with van der Waals surface area (Å²) in [6, 6.07) is 19.0. The van der Waals surface area contributed by atoms with E-state index in [1.807, 2.05) is 12.1 Å². The normalized spacial score (nSPS) is 18.0. The molecule has 2 aromatic carbocycles. The lowest BCUT2D eigenvalue weighted by Gasteiger charge is -2.45. The number of alkyl halides is 3. The number of aliphatic carboxylic acids is 1. The molecule has 9 nitrogen and oxygen atoms in total. The SMILES string of the molecule is COc1ccc(CCC[N+]2(CCCc3ccccc3)CCCC(CC(=O)c3nc(Cl)c(N)nc3N)C2)cc1.O=C([O-])C(F)(F)F. The van der Waals surface area contributed by atoms with E-state index in [0.717, 1.165) is 74.9 Å². The molecule has 4 rings (SSSR count). The van der Waals surface area contributed by atoms with Gasteiger partial charge in [-0.25, -0.2) is 9.97 Å². The van der Waals surface area contributed by atoms with Crippen molar-refractivity contribution >= 4 is 35.0 Å². The highest BCUT2D eigenvalue weighted by Gasteiger charge is 2.36. The summed E-state index contributed by atoms with van der Waals surface area (Å²) in [4.78, 5) is 30.1. The fourth-order valence-electron chi connectivity index (χ4n) is 5.81. The number of rotatable bonds is 12. The molecule has 244 valence electrons. The molecular weight excluding hydrogens is 611 g/mol. The van der Waals surface area contributed by atoms with Crippen LogP contribution in [0.15, 0.2) is 54.6 Å². The fraction of sp³-hybridized carbons (Fsp3) is 0.438. The number of aromatic nitrogens is 2. The maximum Gasteiger partial charge on any atom is 0.430 e. The number of halogens is 4. The third kappa shape index (κ3) is 11.2. The summed E-state index contributed by atoms with van der Waals surface area (Å²) in [5, 5.41) is 8.81. The van der Waals surface area contributed by atoms with Crippen molar-refractivity contribution in [2.45, 2.75) is 51.1 Å². The first-order valence-corrected chi connectivity index (χ1v) is 15.1. The zero-order valence-electron chi connectivity index (χ0n) is 25.2. The number of nitrogens with zero attached hydrogens (tertiary/aromatic N) is 3. The molecule has 0 saturated carbocycles. The summed E-state index contributed by atoms with van der Waals surface area (Å²) in [6.45, 7) is 4.34. The number of nitrogens with two attached hydrogens (primary N) is 2. The van der Waals surface area contributed by atoms with E-state index in [-0.39, 0.29) is 34.2 Å². The van der Waals surface area contributed by atoms with Crippen LogP contribution < -0.4 is 21.3 Å². The van der Waals surface area contributed by atoms with E-state index in [4.69, 9.17) is 37.7 Å². The van der Waals surface area contributed by atoms with Gasteiger partial charge in [0, 0.05) is 25.2 Å². The van der Waals surface area contributed by atoms with Gasteiger partial charge in [0.25, 0.3) is 0 Å². The van der Waals surface area contributed by atoms with Gasteiger partial charge in [-0.15, -0.1) is 0 Å². The maximum atomic E-state index is 13.2. The van der Waals surface area contributed by atoms with Crippen LogP contribution in [0.5, 0.6) is 5.75 Å². The quantitative estimate of drug-likeness (QED) is 0.213. The molecular formula is C32H39ClF3N5O4. The molecule has 1 saturated heterocycles. The largest absolute Gasteiger partial charge is 0.542 e. The van der Waals surface area contributed by atoms with Crippen LogP contribution in [-0.4, -0.2) is 65.7 Å². The van der Waals surface area contributed by atoms with E-state index in [0.29, 0.717) is 6.42 Å². The molecule has 1 aromatic heterocycles. The third-order valence-corrected chi connectivity index (χ3v) is 8.24. The molecule has 2 atom stereocenters. The molecule has 1 fully saturated rings. The number of carboxylic acid groups (broad SMARTS) is 1. The Morgan fingerprint density at radius 3 is 2.11 bits per heavy atom. The van der Waals surface area contributed by atoms with Crippen molar-refractivity contribution in [3.05, 3.63) is 76.6 Å². The van der Waals surface area contributed by atoms with Gasteiger partial charge >= 0.3 is 6.18 Å². The number of carboxylic acids is 1. The van der Waals surface area contributed by atoms with Crippen LogP contribution in [0.1, 0.15) is 53.7 Å². The number of carbonyl (C=O) groups is 2. The van der Waals surface area contributed by atoms with Gasteiger partial charge in [0.1, 0.15) is 17.4 Å². The Morgan fingerprint density at radius 2 is 1.56 bits per heavy atom. The Kier molecular flexibility index (Phi) is 13.0. The highest BCUT2D eigenvalue weighted by molar-refractivity contribution is 6.31. The van der Waals surface area contributed by atoms with Crippen LogP contribution in [0.2, 0.25) is 5.15 Å². The number of Topliss-reactive ketones (excluding diaryl/α,β-unsaturated/α-hetero) is 1. The molecule has 2 heterocycles. The van der Waals surface area contributed by atoms with Crippen molar-refractivity contribution in [2.24, 2.45) is 5.92 Å². The highest BCUT2D eigenvalue weighted by atomic mass is 35.5. The highest BCUT2D eigenvalue weighted by Crippen LogP contribution is 2.30. The van der Waals surface area contributed by atoms with Crippen molar-refractivity contribution in [3.8, 4) is 5.75 Å². The van der Waals surface area contributed by atoms with Crippen molar-refractivity contribution in [2.75, 3.05) is 44.8 Å². The minimum absolute atomic E-state index is 0.0239. The second-order valence-corrected chi connectivity index (χ2v) is 11.6. The number of anilines is 2. The Balaban J connectivity index is 0.000000707. The van der Waals surface area contributed by atoms with Crippen LogP contribution >= 0.6 is 11.6 Å². The smallest absolute Gasteiger partial charge is 0.430 e. The van der Waals surface area contributed by atoms with Crippen LogP contribution in [-0.2, 0) is 17.6 Å². The van der Waals surface area contributed by atoms with E-state index in [2.05, 4.69) is 52.4 Å². The molecule has 1 aliphatic heterocycles. The van der Waals surface area contributed by atoms with Gasteiger partial charge in [0.15, 0.2) is 22.6 Å². The van der Waals surface area contributed by atoms with Crippen LogP contribution in [0.25, 0.3) is 0 Å². The molecule has 1 aliphatic rings. The number of likely N-dealkylation sites (tertiary alicyclic amines) is 1. The van der Waals surface area contributed by atoms with E-state index in [1.54, 1.807) is 7.11 Å². The van der Waals surface area contributed by atoms with Gasteiger partial charge in [-0.1, -0.05) is 54.1 Å². The van der Waals surface area contributed by atoms with E-state index >= 15 is 0 Å². The number of aryl methyl sites for hydroxylation is 2. The number of piperidine rings is 1. The van der Waals surface area contributed by atoms with E-state index < -0.39 is 12.1 Å². The number of hydrogen-bond donors (Lipinski definition) is 2. The first-order chi connectivity index (χ1) is 21.3. The first kappa shape index (κ1) is 35.6. The standard InChI is InChI=1S/C30H38ClN5O2.C2HF3O2/c1-38-25-15-13-23(14-16-25)11-6-18-36(17-5-10-22-8-3-2-4-9-22)19-7-12-24(21-36)20-26(37)27-29(32)35-30(33)28(31)34-27;3-2(4,5)1(6)7/h2-4,8-9,13-16,24H,5-7,10-12,17-21H2,1H3,(H3-,32,33,35,37);(H,6,7). The van der Waals surface area contributed by atoms with Crippen LogP contribution in [0.3, 0.4) is 0 Å². The minimum Gasteiger partial charge on any atom is -0.542 e. The molecule has 4 N–H and O–H groups in total. The molecule has 0 spiro atoms. The summed E-state index contributed by atoms with van der Waals surface area (Å²) in [5.41, 5.74) is 14.5. The molecule has 0 bridgehead atoms. The van der Waals surface area contributed by atoms with Crippen molar-refractivity contribution in [3.63, 3.8) is 0 Å². The predicted octanol–water partition coefficient (Wildman–Crippen LogP) is 4.67. The minimum atomic E-state index is -5.19. The molecule has 2 unspecified atom stereocenters. The summed E-state index contributed by atoms with van der Waals surface area (Å²) >= 11 is 6.03. The zero-order chi connectivity index (χ0) is 33.0. The monoisotopic (exact) mass is 649 g/mol. The van der Waals surface area contributed by atoms with Crippen molar-refractivity contribution in [1.29, 1.82) is 0 Å². The zero-order valence-corrected chi connectivity index (χ0v) is 25.9. The second-order valence-electron chi connectivity index (χ2n) is 11.3. The Morgan fingerprint density at radius 1 is 0.978 bits per heavy atom.